The number of aryl methyl sites for hydroxylation is 1. The number of rotatable bonds is 5. The maximum atomic E-state index is 5.53. The fourth-order valence-corrected chi connectivity index (χ4v) is 3.37. The van der Waals surface area contributed by atoms with Gasteiger partial charge in [-0.25, -0.2) is 4.98 Å². The Bertz CT molecular complexity index is 1300. The second-order valence-electron chi connectivity index (χ2n) is 7.04. The van der Waals surface area contributed by atoms with Crippen LogP contribution in [0.25, 0.3) is 33.7 Å². The lowest BCUT2D eigenvalue weighted by molar-refractivity contribution is 0.432. The van der Waals surface area contributed by atoms with Gasteiger partial charge in [-0.1, -0.05) is 47.6 Å². The molecule has 0 saturated heterocycles. The zero-order valence-corrected chi connectivity index (χ0v) is 16.4. The Kier molecular flexibility index (Phi) is 4.65. The summed E-state index contributed by atoms with van der Waals surface area (Å²) in [6.45, 7) is 2.65. The lowest BCUT2D eigenvalue weighted by Gasteiger charge is -2.12. The van der Waals surface area contributed by atoms with Crippen molar-refractivity contribution in [2.45, 2.75) is 13.5 Å². The first-order valence-electron chi connectivity index (χ1n) is 9.70. The lowest BCUT2D eigenvalue weighted by Crippen LogP contribution is -2.04. The van der Waals surface area contributed by atoms with Gasteiger partial charge >= 0.3 is 0 Å². The molecule has 0 aliphatic heterocycles. The van der Waals surface area contributed by atoms with Gasteiger partial charge in [0.2, 0.25) is 5.82 Å². The molecule has 6 heteroatoms. The van der Waals surface area contributed by atoms with Crippen molar-refractivity contribution < 1.29 is 4.52 Å². The molecule has 5 aromatic rings. The number of nitrogens with zero attached hydrogens (tertiary/aromatic N) is 4. The number of hydrogen-bond donors (Lipinski definition) is 1. The molecule has 3 aromatic heterocycles. The zero-order chi connectivity index (χ0) is 20.3. The summed E-state index contributed by atoms with van der Waals surface area (Å²) in [6, 6.07) is 21.9. The second-order valence-corrected chi connectivity index (χ2v) is 7.04. The summed E-state index contributed by atoms with van der Waals surface area (Å²) in [5.41, 5.74) is 4.80. The summed E-state index contributed by atoms with van der Waals surface area (Å²) in [5, 5.41) is 8.68. The summed E-state index contributed by atoms with van der Waals surface area (Å²) in [6.07, 6.45) is 3.60. The molecule has 0 atom stereocenters. The SMILES string of the molecule is Cc1cccc2cc(-c3noc(-c4ccccc4)n3)c(NCc3cccnc3)nc12. The molecule has 0 saturated carbocycles. The average molecular weight is 393 g/mol. The van der Waals surface area contributed by atoms with E-state index < -0.39 is 0 Å². The summed E-state index contributed by atoms with van der Waals surface area (Å²) in [4.78, 5) is 13.7. The Morgan fingerprint density at radius 2 is 1.83 bits per heavy atom. The third-order valence-corrected chi connectivity index (χ3v) is 4.92. The van der Waals surface area contributed by atoms with Crippen LogP contribution in [0.2, 0.25) is 0 Å². The molecular formula is C24H19N5O. The van der Waals surface area contributed by atoms with Crippen molar-refractivity contribution in [3.8, 4) is 22.8 Å². The topological polar surface area (TPSA) is 76.7 Å². The molecule has 0 radical (unpaired) electrons. The fraction of sp³-hybridized carbons (Fsp3) is 0.0833. The zero-order valence-electron chi connectivity index (χ0n) is 16.4. The monoisotopic (exact) mass is 393 g/mol. The number of para-hydroxylation sites is 1. The number of nitrogens with one attached hydrogen (secondary N) is 1. The van der Waals surface area contributed by atoms with Crippen molar-refractivity contribution in [1.82, 2.24) is 20.1 Å². The number of benzene rings is 2. The Hall–Kier alpha value is -4.06. The van der Waals surface area contributed by atoms with Crippen LogP contribution in [0.4, 0.5) is 5.82 Å². The quantitative estimate of drug-likeness (QED) is 0.438. The minimum absolute atomic E-state index is 0.480. The molecule has 0 spiro atoms. The first-order valence-corrected chi connectivity index (χ1v) is 9.70. The molecule has 6 nitrogen and oxygen atoms in total. The fourth-order valence-electron chi connectivity index (χ4n) is 3.37. The minimum Gasteiger partial charge on any atom is -0.365 e. The van der Waals surface area contributed by atoms with Gasteiger partial charge in [-0.05, 0) is 42.3 Å². The predicted molar refractivity (Wildman–Crippen MR) is 117 cm³/mol. The summed E-state index contributed by atoms with van der Waals surface area (Å²) < 4.78 is 5.53. The van der Waals surface area contributed by atoms with Crippen LogP contribution in [0.15, 0.2) is 83.6 Å². The standard InChI is InChI=1S/C24H19N5O/c1-16-7-5-11-19-13-20(23-28-24(30-29-23)18-9-3-2-4-10-18)22(27-21(16)19)26-15-17-8-6-12-25-14-17/h2-14H,15H2,1H3,(H,26,27). The number of hydrogen-bond acceptors (Lipinski definition) is 6. The highest BCUT2D eigenvalue weighted by Crippen LogP contribution is 2.31. The van der Waals surface area contributed by atoms with Gasteiger partial charge in [-0.3, -0.25) is 4.98 Å². The van der Waals surface area contributed by atoms with E-state index in [2.05, 4.69) is 39.5 Å². The average Bonchev–Trinajstić information content (AvgIpc) is 3.29. The molecule has 30 heavy (non-hydrogen) atoms. The van der Waals surface area contributed by atoms with Crippen LogP contribution in [0.1, 0.15) is 11.1 Å². The molecule has 0 aliphatic carbocycles. The molecule has 146 valence electrons. The van der Waals surface area contributed by atoms with E-state index in [0.29, 0.717) is 24.1 Å². The molecule has 0 aliphatic rings. The first-order chi connectivity index (χ1) is 14.8. The van der Waals surface area contributed by atoms with Crippen LogP contribution in [0.5, 0.6) is 0 Å². The van der Waals surface area contributed by atoms with Crippen molar-refractivity contribution in [2.75, 3.05) is 5.32 Å². The van der Waals surface area contributed by atoms with Crippen molar-refractivity contribution in [3.63, 3.8) is 0 Å². The third kappa shape index (κ3) is 3.51. The second kappa shape index (κ2) is 7.75. The van der Waals surface area contributed by atoms with Gasteiger partial charge in [0, 0.05) is 29.9 Å². The van der Waals surface area contributed by atoms with Crippen molar-refractivity contribution in [1.29, 1.82) is 0 Å². The van der Waals surface area contributed by atoms with Crippen molar-refractivity contribution in [2.24, 2.45) is 0 Å². The maximum absolute atomic E-state index is 5.53. The van der Waals surface area contributed by atoms with E-state index in [1.807, 2.05) is 60.8 Å². The van der Waals surface area contributed by atoms with E-state index in [1.54, 1.807) is 6.20 Å². The Balaban J connectivity index is 1.58. The number of aromatic nitrogens is 4. The summed E-state index contributed by atoms with van der Waals surface area (Å²) in [7, 11) is 0. The molecule has 5 rings (SSSR count). The highest BCUT2D eigenvalue weighted by Gasteiger charge is 2.17. The smallest absolute Gasteiger partial charge is 0.258 e. The van der Waals surface area contributed by atoms with E-state index in [9.17, 15) is 0 Å². The van der Waals surface area contributed by atoms with Crippen LogP contribution in [-0.4, -0.2) is 20.1 Å². The van der Waals surface area contributed by atoms with Crippen LogP contribution < -0.4 is 5.32 Å². The highest BCUT2D eigenvalue weighted by molar-refractivity contribution is 5.89. The molecule has 0 amide bonds. The lowest BCUT2D eigenvalue weighted by atomic mass is 10.1. The van der Waals surface area contributed by atoms with E-state index in [-0.39, 0.29) is 0 Å². The molecule has 0 unspecified atom stereocenters. The van der Waals surface area contributed by atoms with E-state index in [0.717, 1.165) is 33.2 Å². The van der Waals surface area contributed by atoms with E-state index in [1.165, 1.54) is 0 Å². The van der Waals surface area contributed by atoms with Crippen LogP contribution in [0.3, 0.4) is 0 Å². The Morgan fingerprint density at radius 3 is 2.67 bits per heavy atom. The van der Waals surface area contributed by atoms with Gasteiger partial charge in [0.15, 0.2) is 0 Å². The van der Waals surface area contributed by atoms with E-state index >= 15 is 0 Å². The number of fused-ring (bicyclic) bond motifs is 1. The Morgan fingerprint density at radius 1 is 0.933 bits per heavy atom. The van der Waals surface area contributed by atoms with Crippen LogP contribution >= 0.6 is 0 Å². The predicted octanol–water partition coefficient (Wildman–Crippen LogP) is 5.27. The molecule has 2 aromatic carbocycles. The highest BCUT2D eigenvalue weighted by atomic mass is 16.5. The molecular weight excluding hydrogens is 374 g/mol. The van der Waals surface area contributed by atoms with Gasteiger partial charge in [0.25, 0.3) is 5.89 Å². The molecule has 0 fully saturated rings. The number of pyridine rings is 2. The van der Waals surface area contributed by atoms with Gasteiger partial charge in [0.1, 0.15) is 5.82 Å². The van der Waals surface area contributed by atoms with Gasteiger partial charge in [0.05, 0.1) is 11.1 Å². The Labute approximate surface area is 173 Å². The van der Waals surface area contributed by atoms with Gasteiger partial charge in [-0.15, -0.1) is 0 Å². The summed E-state index contributed by atoms with van der Waals surface area (Å²) >= 11 is 0. The van der Waals surface area contributed by atoms with Gasteiger partial charge in [-0.2, -0.15) is 4.98 Å². The molecule has 0 bridgehead atoms. The largest absolute Gasteiger partial charge is 0.365 e. The van der Waals surface area contributed by atoms with Crippen LogP contribution in [0, 0.1) is 6.92 Å². The normalized spacial score (nSPS) is 11.0. The van der Waals surface area contributed by atoms with E-state index in [4.69, 9.17) is 9.51 Å². The number of anilines is 1. The molecule has 3 heterocycles. The van der Waals surface area contributed by atoms with Crippen molar-refractivity contribution >= 4 is 16.7 Å². The summed E-state index contributed by atoms with van der Waals surface area (Å²) in [5.74, 6) is 1.69. The van der Waals surface area contributed by atoms with Gasteiger partial charge < -0.3 is 9.84 Å². The third-order valence-electron chi connectivity index (χ3n) is 4.92. The van der Waals surface area contributed by atoms with Crippen LogP contribution in [-0.2, 0) is 6.54 Å². The maximum Gasteiger partial charge on any atom is 0.258 e. The first kappa shape index (κ1) is 18.0. The molecule has 1 N–H and O–H groups in total. The van der Waals surface area contributed by atoms with Crippen molar-refractivity contribution in [3.05, 3.63) is 90.3 Å². The minimum atomic E-state index is 0.480.